The average Bonchev–Trinajstić information content (AvgIpc) is 2.23. The molecule has 1 rings (SSSR count). The molecule has 0 saturated carbocycles. The second kappa shape index (κ2) is 5.58. The van der Waals surface area contributed by atoms with Gasteiger partial charge in [-0.15, -0.1) is 0 Å². The molecule has 17 heavy (non-hydrogen) atoms. The zero-order valence-electron chi connectivity index (χ0n) is 11.0. The molecule has 0 heterocycles. The van der Waals surface area contributed by atoms with E-state index in [2.05, 4.69) is 26.1 Å². The predicted octanol–water partition coefficient (Wildman–Crippen LogP) is 3.39. The van der Waals surface area contributed by atoms with Crippen LogP contribution in [0.4, 0.5) is 8.78 Å². The normalized spacial score (nSPS) is 15.0. The van der Waals surface area contributed by atoms with E-state index in [0.29, 0.717) is 17.9 Å². The fraction of sp³-hybridized carbons (Fsp3) is 0.571. The zero-order valence-corrected chi connectivity index (χ0v) is 11.0. The number of hydrogen-bond donors (Lipinski definition) is 1. The molecule has 0 aliphatic heterocycles. The Bertz CT molecular complexity index is 376. The summed E-state index contributed by atoms with van der Waals surface area (Å²) in [4.78, 5) is 0. The molecule has 0 aliphatic carbocycles. The summed E-state index contributed by atoms with van der Waals surface area (Å²) in [7, 11) is 1.88. The Balaban J connectivity index is 2.97. The molecule has 0 amide bonds. The van der Waals surface area contributed by atoms with Gasteiger partial charge in [0.15, 0.2) is 0 Å². The van der Waals surface area contributed by atoms with Crippen molar-refractivity contribution in [1.29, 1.82) is 0 Å². The van der Waals surface area contributed by atoms with Crippen LogP contribution in [0.1, 0.15) is 26.3 Å². The minimum Gasteiger partial charge on any atom is -0.319 e. The van der Waals surface area contributed by atoms with Gasteiger partial charge in [-0.3, -0.25) is 0 Å². The Kier molecular flexibility index (Phi) is 4.63. The van der Waals surface area contributed by atoms with E-state index in [0.717, 1.165) is 12.6 Å². The van der Waals surface area contributed by atoms with Crippen molar-refractivity contribution < 1.29 is 8.78 Å². The molecule has 1 unspecified atom stereocenters. The molecule has 0 bridgehead atoms. The molecule has 96 valence electrons. The topological polar surface area (TPSA) is 12.0 Å². The summed E-state index contributed by atoms with van der Waals surface area (Å²) in [5.41, 5.74) is 0.375. The van der Waals surface area contributed by atoms with Gasteiger partial charge in [-0.1, -0.05) is 20.8 Å². The van der Waals surface area contributed by atoms with Crippen molar-refractivity contribution in [3.05, 3.63) is 35.4 Å². The number of benzene rings is 1. The summed E-state index contributed by atoms with van der Waals surface area (Å²) < 4.78 is 26.7. The van der Waals surface area contributed by atoms with Gasteiger partial charge >= 0.3 is 0 Å². The number of hydrogen-bond acceptors (Lipinski definition) is 1. The molecule has 0 fully saturated rings. The summed E-state index contributed by atoms with van der Waals surface area (Å²) in [6.07, 6.45) is 0.537. The standard InChI is InChI=1S/C14H21F2N/c1-10(2)14(3,9-17-4)8-11-7-12(15)5-6-13(11)16/h5-7,10,17H,8-9H2,1-4H3. The third-order valence-corrected chi connectivity index (χ3v) is 3.58. The van der Waals surface area contributed by atoms with E-state index >= 15 is 0 Å². The fourth-order valence-electron chi connectivity index (χ4n) is 1.99. The van der Waals surface area contributed by atoms with Crippen LogP contribution in [0.15, 0.2) is 18.2 Å². The van der Waals surface area contributed by atoms with Crippen LogP contribution < -0.4 is 5.32 Å². The lowest BCUT2D eigenvalue weighted by Gasteiger charge is -2.34. The van der Waals surface area contributed by atoms with Gasteiger partial charge < -0.3 is 5.32 Å². The molecular weight excluding hydrogens is 220 g/mol. The SMILES string of the molecule is CNCC(C)(Cc1cc(F)ccc1F)C(C)C. The van der Waals surface area contributed by atoms with E-state index in [1.54, 1.807) is 0 Å². The van der Waals surface area contributed by atoms with Crippen LogP contribution in [0, 0.1) is 23.0 Å². The summed E-state index contributed by atoms with van der Waals surface area (Å²) in [5.74, 6) is -0.316. The van der Waals surface area contributed by atoms with Crippen LogP contribution in [0.3, 0.4) is 0 Å². The molecule has 0 aromatic heterocycles. The molecule has 0 aliphatic rings. The van der Waals surface area contributed by atoms with E-state index in [9.17, 15) is 8.78 Å². The summed E-state index contributed by atoms with van der Waals surface area (Å²) in [6.45, 7) is 7.09. The second-order valence-corrected chi connectivity index (χ2v) is 5.25. The van der Waals surface area contributed by atoms with Crippen LogP contribution in [-0.4, -0.2) is 13.6 Å². The molecule has 1 aromatic rings. The molecule has 0 spiro atoms. The average molecular weight is 241 g/mol. The maximum atomic E-state index is 13.6. The monoisotopic (exact) mass is 241 g/mol. The highest BCUT2D eigenvalue weighted by molar-refractivity contribution is 5.20. The van der Waals surface area contributed by atoms with Gasteiger partial charge in [0.2, 0.25) is 0 Å². The van der Waals surface area contributed by atoms with Gasteiger partial charge in [0.25, 0.3) is 0 Å². The van der Waals surface area contributed by atoms with E-state index in [-0.39, 0.29) is 17.0 Å². The maximum absolute atomic E-state index is 13.6. The zero-order chi connectivity index (χ0) is 13.1. The van der Waals surface area contributed by atoms with Crippen molar-refractivity contribution in [2.24, 2.45) is 11.3 Å². The Morgan fingerprint density at radius 2 is 1.94 bits per heavy atom. The smallest absolute Gasteiger partial charge is 0.126 e. The first-order valence-corrected chi connectivity index (χ1v) is 5.97. The van der Waals surface area contributed by atoms with E-state index < -0.39 is 0 Å². The molecule has 1 N–H and O–H groups in total. The summed E-state index contributed by atoms with van der Waals surface area (Å²) in [6, 6.07) is 3.65. The van der Waals surface area contributed by atoms with Crippen LogP contribution in [-0.2, 0) is 6.42 Å². The Morgan fingerprint density at radius 3 is 2.47 bits per heavy atom. The molecule has 1 aromatic carbocycles. The van der Waals surface area contributed by atoms with Gasteiger partial charge in [0.05, 0.1) is 0 Å². The third-order valence-electron chi connectivity index (χ3n) is 3.58. The van der Waals surface area contributed by atoms with Gasteiger partial charge in [-0.05, 0) is 48.6 Å². The second-order valence-electron chi connectivity index (χ2n) is 5.25. The lowest BCUT2D eigenvalue weighted by atomic mass is 9.74. The molecule has 3 heteroatoms. The lowest BCUT2D eigenvalue weighted by Crippen LogP contribution is -2.36. The highest BCUT2D eigenvalue weighted by Gasteiger charge is 2.29. The minimum absolute atomic E-state index is 0.0800. The molecule has 0 radical (unpaired) electrons. The van der Waals surface area contributed by atoms with Crippen molar-refractivity contribution in [2.45, 2.75) is 27.2 Å². The van der Waals surface area contributed by atoms with Gasteiger partial charge in [0.1, 0.15) is 11.6 Å². The van der Waals surface area contributed by atoms with Crippen LogP contribution in [0.5, 0.6) is 0 Å². The van der Waals surface area contributed by atoms with Crippen molar-refractivity contribution in [2.75, 3.05) is 13.6 Å². The molecule has 0 saturated heterocycles. The Hall–Kier alpha value is -0.960. The first kappa shape index (κ1) is 14.1. The maximum Gasteiger partial charge on any atom is 0.126 e. The summed E-state index contributed by atoms with van der Waals surface area (Å²) >= 11 is 0. The highest BCUT2D eigenvalue weighted by Crippen LogP contribution is 2.31. The largest absolute Gasteiger partial charge is 0.319 e. The van der Waals surface area contributed by atoms with E-state index in [1.165, 1.54) is 12.1 Å². The van der Waals surface area contributed by atoms with Crippen LogP contribution in [0.2, 0.25) is 0 Å². The molecular formula is C14H21F2N. The van der Waals surface area contributed by atoms with Crippen molar-refractivity contribution in [1.82, 2.24) is 5.32 Å². The first-order valence-electron chi connectivity index (χ1n) is 5.97. The summed E-state index contributed by atoms with van der Waals surface area (Å²) in [5, 5.41) is 3.13. The molecule has 1 atom stereocenters. The van der Waals surface area contributed by atoms with Crippen molar-refractivity contribution in [3.8, 4) is 0 Å². The lowest BCUT2D eigenvalue weighted by molar-refractivity contribution is 0.210. The van der Waals surface area contributed by atoms with Gasteiger partial charge in [0, 0.05) is 6.54 Å². The Morgan fingerprint density at radius 1 is 1.29 bits per heavy atom. The van der Waals surface area contributed by atoms with Gasteiger partial charge in [-0.2, -0.15) is 0 Å². The highest BCUT2D eigenvalue weighted by atomic mass is 19.1. The third kappa shape index (κ3) is 3.50. The fourth-order valence-corrected chi connectivity index (χ4v) is 1.99. The predicted molar refractivity (Wildman–Crippen MR) is 66.9 cm³/mol. The van der Waals surface area contributed by atoms with Crippen molar-refractivity contribution in [3.63, 3.8) is 0 Å². The van der Waals surface area contributed by atoms with Crippen LogP contribution in [0.25, 0.3) is 0 Å². The van der Waals surface area contributed by atoms with Crippen LogP contribution >= 0.6 is 0 Å². The Labute approximate surface area is 102 Å². The molecule has 1 nitrogen and oxygen atoms in total. The number of rotatable bonds is 5. The van der Waals surface area contributed by atoms with E-state index in [4.69, 9.17) is 0 Å². The number of halogens is 2. The van der Waals surface area contributed by atoms with Gasteiger partial charge in [-0.25, -0.2) is 8.78 Å². The number of nitrogens with one attached hydrogen (secondary N) is 1. The quantitative estimate of drug-likeness (QED) is 0.833. The minimum atomic E-state index is -0.378. The van der Waals surface area contributed by atoms with E-state index in [1.807, 2.05) is 7.05 Å². The first-order chi connectivity index (χ1) is 7.89. The van der Waals surface area contributed by atoms with Crippen molar-refractivity contribution >= 4 is 0 Å².